The van der Waals surface area contributed by atoms with Gasteiger partial charge < -0.3 is 0 Å². The fourth-order valence-electron chi connectivity index (χ4n) is 1.82. The molecule has 2 aromatic rings. The maximum Gasteiger partial charge on any atom is 0.332 e. The summed E-state index contributed by atoms with van der Waals surface area (Å²) in [7, 11) is 0. The van der Waals surface area contributed by atoms with Gasteiger partial charge in [-0.05, 0) is 17.7 Å². The Morgan fingerprint density at radius 3 is 2.65 bits per heavy atom. The predicted octanol–water partition coefficient (Wildman–Crippen LogP) is 0.454. The summed E-state index contributed by atoms with van der Waals surface area (Å²) in [4.78, 5) is 23.8. The first-order valence-electron chi connectivity index (χ1n) is 5.82. The first kappa shape index (κ1) is 13.3. The molecule has 0 atom stereocenters. The topological polar surface area (TPSA) is 91.6 Å². The van der Waals surface area contributed by atoms with Crippen molar-refractivity contribution in [3.63, 3.8) is 0 Å². The molecular formula is C14H10N4O2. The summed E-state index contributed by atoms with van der Waals surface area (Å²) in [5, 5.41) is 17.5. The third-order valence-electron chi connectivity index (χ3n) is 2.78. The van der Waals surface area contributed by atoms with Gasteiger partial charge in [0, 0.05) is 12.3 Å². The van der Waals surface area contributed by atoms with Gasteiger partial charge >= 0.3 is 5.69 Å². The number of nitriles is 2. The van der Waals surface area contributed by atoms with E-state index in [9.17, 15) is 9.59 Å². The fraction of sp³-hybridized carbons (Fsp3) is 0.143. The van der Waals surface area contributed by atoms with Crippen LogP contribution in [0.1, 0.15) is 11.1 Å². The van der Waals surface area contributed by atoms with Crippen LogP contribution < -0.4 is 11.2 Å². The first-order valence-corrected chi connectivity index (χ1v) is 5.82. The van der Waals surface area contributed by atoms with Crippen LogP contribution in [0.25, 0.3) is 0 Å². The second-order valence-electron chi connectivity index (χ2n) is 4.12. The molecule has 0 bridgehead atoms. The van der Waals surface area contributed by atoms with Crippen molar-refractivity contribution in [1.29, 1.82) is 10.5 Å². The third-order valence-corrected chi connectivity index (χ3v) is 2.78. The summed E-state index contributed by atoms with van der Waals surface area (Å²) in [6.45, 7) is -0.0448. The van der Waals surface area contributed by atoms with Crippen LogP contribution in [0.4, 0.5) is 0 Å². The standard InChI is InChI=1S/C14H10N4O2/c15-5-7-17-6-4-13(19)18(14(17)20)10-12-3-1-2-11(8-12)9-16/h1-4,6,8H,7,10H2. The van der Waals surface area contributed by atoms with Crippen LogP contribution in [-0.4, -0.2) is 9.13 Å². The van der Waals surface area contributed by atoms with Crippen molar-refractivity contribution < 1.29 is 0 Å². The SMILES string of the molecule is N#CCn1ccc(=O)n(Cc2cccc(C#N)c2)c1=O. The Bertz CT molecular complexity index is 834. The maximum absolute atomic E-state index is 12.0. The van der Waals surface area contributed by atoms with Gasteiger partial charge in [0.25, 0.3) is 5.56 Å². The van der Waals surface area contributed by atoms with E-state index < -0.39 is 11.2 Å². The predicted molar refractivity (Wildman–Crippen MR) is 70.8 cm³/mol. The average Bonchev–Trinajstić information content (AvgIpc) is 2.47. The zero-order valence-electron chi connectivity index (χ0n) is 10.5. The van der Waals surface area contributed by atoms with Crippen molar-refractivity contribution in [3.8, 4) is 12.1 Å². The van der Waals surface area contributed by atoms with Gasteiger partial charge in [-0.25, -0.2) is 4.79 Å². The molecule has 1 aromatic carbocycles. The van der Waals surface area contributed by atoms with Gasteiger partial charge in [0.2, 0.25) is 0 Å². The molecule has 0 saturated carbocycles. The quantitative estimate of drug-likeness (QED) is 0.806. The van der Waals surface area contributed by atoms with E-state index in [1.54, 1.807) is 24.3 Å². The molecule has 1 heterocycles. The van der Waals surface area contributed by atoms with E-state index in [2.05, 4.69) is 0 Å². The molecule has 0 N–H and O–H groups in total. The molecular weight excluding hydrogens is 256 g/mol. The van der Waals surface area contributed by atoms with Crippen molar-refractivity contribution in [2.75, 3.05) is 0 Å². The second kappa shape index (κ2) is 5.68. The number of hydrogen-bond donors (Lipinski definition) is 0. The van der Waals surface area contributed by atoms with Gasteiger partial charge in [-0.1, -0.05) is 12.1 Å². The van der Waals surface area contributed by atoms with Gasteiger partial charge in [-0.15, -0.1) is 0 Å². The molecule has 6 nitrogen and oxygen atoms in total. The number of hydrogen-bond acceptors (Lipinski definition) is 4. The van der Waals surface area contributed by atoms with E-state index >= 15 is 0 Å². The Hall–Kier alpha value is -3.12. The number of rotatable bonds is 3. The molecule has 0 aliphatic rings. The molecule has 0 aliphatic carbocycles. The highest BCUT2D eigenvalue weighted by Crippen LogP contribution is 2.04. The van der Waals surface area contributed by atoms with Crippen LogP contribution in [0.5, 0.6) is 0 Å². The van der Waals surface area contributed by atoms with Gasteiger partial charge in [0.05, 0.1) is 24.2 Å². The highest BCUT2D eigenvalue weighted by Gasteiger charge is 2.06. The zero-order chi connectivity index (χ0) is 14.5. The Labute approximate surface area is 114 Å². The number of nitrogens with zero attached hydrogens (tertiary/aromatic N) is 4. The molecule has 0 fully saturated rings. The third kappa shape index (κ3) is 2.65. The minimum Gasteiger partial charge on any atom is -0.287 e. The van der Waals surface area contributed by atoms with E-state index in [4.69, 9.17) is 10.5 Å². The van der Waals surface area contributed by atoms with Crippen LogP contribution in [0.2, 0.25) is 0 Å². The van der Waals surface area contributed by atoms with Crippen molar-refractivity contribution in [1.82, 2.24) is 9.13 Å². The lowest BCUT2D eigenvalue weighted by molar-refractivity contribution is 0.621. The van der Waals surface area contributed by atoms with Crippen LogP contribution >= 0.6 is 0 Å². The first-order chi connectivity index (χ1) is 9.65. The van der Waals surface area contributed by atoms with Crippen molar-refractivity contribution in [2.45, 2.75) is 13.1 Å². The smallest absolute Gasteiger partial charge is 0.287 e. The van der Waals surface area contributed by atoms with Crippen LogP contribution in [0, 0.1) is 22.7 Å². The molecule has 20 heavy (non-hydrogen) atoms. The van der Waals surface area contributed by atoms with Gasteiger partial charge in [0.15, 0.2) is 0 Å². The Morgan fingerprint density at radius 2 is 1.95 bits per heavy atom. The van der Waals surface area contributed by atoms with E-state index in [1.807, 2.05) is 12.1 Å². The molecule has 0 radical (unpaired) electrons. The lowest BCUT2D eigenvalue weighted by Crippen LogP contribution is -2.39. The largest absolute Gasteiger partial charge is 0.332 e. The van der Waals surface area contributed by atoms with E-state index in [0.29, 0.717) is 11.1 Å². The molecule has 1 aromatic heterocycles. The van der Waals surface area contributed by atoms with Gasteiger partial charge in [0.1, 0.15) is 6.54 Å². The van der Waals surface area contributed by atoms with Crippen LogP contribution in [0.15, 0.2) is 46.1 Å². The summed E-state index contributed by atoms with van der Waals surface area (Å²) in [6.07, 6.45) is 1.30. The van der Waals surface area contributed by atoms with E-state index in [1.165, 1.54) is 12.3 Å². The molecule has 0 spiro atoms. The molecule has 0 saturated heterocycles. The summed E-state index contributed by atoms with van der Waals surface area (Å²) in [6, 6.07) is 11.8. The molecule has 0 unspecified atom stereocenters. The zero-order valence-corrected chi connectivity index (χ0v) is 10.5. The summed E-state index contributed by atoms with van der Waals surface area (Å²) in [5.41, 5.74) is 0.162. The lowest BCUT2D eigenvalue weighted by atomic mass is 10.1. The molecule has 98 valence electrons. The van der Waals surface area contributed by atoms with Gasteiger partial charge in [-0.2, -0.15) is 10.5 Å². The number of benzene rings is 1. The fourth-order valence-corrected chi connectivity index (χ4v) is 1.82. The van der Waals surface area contributed by atoms with E-state index in [0.717, 1.165) is 9.13 Å². The van der Waals surface area contributed by atoms with Crippen molar-refractivity contribution in [3.05, 3.63) is 68.5 Å². The highest BCUT2D eigenvalue weighted by atomic mass is 16.2. The molecule has 6 heteroatoms. The highest BCUT2D eigenvalue weighted by molar-refractivity contribution is 5.32. The molecule has 2 rings (SSSR count). The van der Waals surface area contributed by atoms with Crippen LogP contribution in [0.3, 0.4) is 0 Å². The average molecular weight is 266 g/mol. The second-order valence-corrected chi connectivity index (χ2v) is 4.12. The van der Waals surface area contributed by atoms with Crippen LogP contribution in [-0.2, 0) is 13.1 Å². The van der Waals surface area contributed by atoms with E-state index in [-0.39, 0.29) is 13.1 Å². The summed E-state index contributed by atoms with van der Waals surface area (Å²) in [5.74, 6) is 0. The Kier molecular flexibility index (Phi) is 3.78. The maximum atomic E-state index is 12.0. The summed E-state index contributed by atoms with van der Waals surface area (Å²) >= 11 is 0. The Balaban J connectivity index is 2.46. The Morgan fingerprint density at radius 1 is 1.15 bits per heavy atom. The normalized spacial score (nSPS) is 9.70. The monoisotopic (exact) mass is 266 g/mol. The number of aromatic nitrogens is 2. The molecule has 0 aliphatic heterocycles. The lowest BCUT2D eigenvalue weighted by Gasteiger charge is -2.07. The van der Waals surface area contributed by atoms with Crippen molar-refractivity contribution >= 4 is 0 Å². The van der Waals surface area contributed by atoms with Crippen molar-refractivity contribution in [2.24, 2.45) is 0 Å². The minimum absolute atomic E-state index is 0.0689. The minimum atomic E-state index is -0.540. The molecule has 0 amide bonds. The summed E-state index contributed by atoms with van der Waals surface area (Å²) < 4.78 is 2.20. The van der Waals surface area contributed by atoms with Gasteiger partial charge in [-0.3, -0.25) is 13.9 Å².